The van der Waals surface area contributed by atoms with Crippen LogP contribution in [0.5, 0.6) is 11.6 Å². The molecule has 0 unspecified atom stereocenters. The highest BCUT2D eigenvalue weighted by Gasteiger charge is 2.11. The highest BCUT2D eigenvalue weighted by molar-refractivity contribution is 5.85. The molecule has 0 amide bonds. The SMILES string of the molecule is COc1ccc(-c2ccc3c(c2)ncc2nc(C)c(O)n23)cc1.Cl. The number of fused-ring (bicyclic) bond motifs is 3. The molecule has 4 rings (SSSR count). The molecule has 0 bridgehead atoms. The van der Waals surface area contributed by atoms with E-state index in [1.807, 2.05) is 42.5 Å². The Morgan fingerprint density at radius 1 is 1.04 bits per heavy atom. The Labute approximate surface area is 145 Å². The van der Waals surface area contributed by atoms with Gasteiger partial charge >= 0.3 is 0 Å². The van der Waals surface area contributed by atoms with Crippen LogP contribution in [0.3, 0.4) is 0 Å². The van der Waals surface area contributed by atoms with Gasteiger partial charge < -0.3 is 9.84 Å². The number of hydrogen-bond donors (Lipinski definition) is 1. The van der Waals surface area contributed by atoms with Gasteiger partial charge in [0.25, 0.3) is 0 Å². The summed E-state index contributed by atoms with van der Waals surface area (Å²) in [6.45, 7) is 1.78. The fourth-order valence-electron chi connectivity index (χ4n) is 2.77. The van der Waals surface area contributed by atoms with Crippen molar-refractivity contribution in [2.45, 2.75) is 6.92 Å². The van der Waals surface area contributed by atoms with E-state index >= 15 is 0 Å². The zero-order valence-corrected chi connectivity index (χ0v) is 14.0. The van der Waals surface area contributed by atoms with Crippen LogP contribution < -0.4 is 4.74 Å². The number of halogens is 1. The fourth-order valence-corrected chi connectivity index (χ4v) is 2.77. The molecule has 0 radical (unpaired) electrons. The largest absolute Gasteiger partial charge is 0.497 e. The third-order valence-electron chi connectivity index (χ3n) is 4.01. The molecule has 2 aromatic carbocycles. The topological polar surface area (TPSA) is 59.7 Å². The molecule has 0 fully saturated rings. The molecule has 0 aliphatic carbocycles. The third kappa shape index (κ3) is 2.43. The summed E-state index contributed by atoms with van der Waals surface area (Å²) in [5.41, 5.74) is 5.02. The van der Waals surface area contributed by atoms with Crippen LogP contribution in [0.2, 0.25) is 0 Å². The number of rotatable bonds is 2. The first kappa shape index (κ1) is 16.1. The maximum Gasteiger partial charge on any atom is 0.219 e. The molecule has 122 valence electrons. The van der Waals surface area contributed by atoms with Gasteiger partial charge in [0.1, 0.15) is 11.4 Å². The first-order valence-corrected chi connectivity index (χ1v) is 7.28. The van der Waals surface area contributed by atoms with Crippen LogP contribution in [-0.2, 0) is 0 Å². The van der Waals surface area contributed by atoms with E-state index in [4.69, 9.17) is 4.74 Å². The van der Waals surface area contributed by atoms with E-state index in [0.29, 0.717) is 11.3 Å². The van der Waals surface area contributed by atoms with E-state index < -0.39 is 0 Å². The molecule has 0 aliphatic heterocycles. The summed E-state index contributed by atoms with van der Waals surface area (Å²) < 4.78 is 6.91. The van der Waals surface area contributed by atoms with Crippen LogP contribution in [0.1, 0.15) is 5.69 Å². The first-order chi connectivity index (χ1) is 11.2. The molecular weight excluding hydrogens is 326 g/mol. The van der Waals surface area contributed by atoms with Crippen LogP contribution >= 0.6 is 12.4 Å². The lowest BCUT2D eigenvalue weighted by atomic mass is 10.0. The Morgan fingerprint density at radius 2 is 1.75 bits per heavy atom. The van der Waals surface area contributed by atoms with Gasteiger partial charge in [0.2, 0.25) is 5.88 Å². The minimum Gasteiger partial charge on any atom is -0.497 e. The van der Waals surface area contributed by atoms with Crippen molar-refractivity contribution < 1.29 is 9.84 Å². The highest BCUT2D eigenvalue weighted by Crippen LogP contribution is 2.28. The average Bonchev–Trinajstić information content (AvgIpc) is 2.89. The predicted octanol–water partition coefficient (Wildman–Crippen LogP) is 3.99. The number of ether oxygens (including phenoxy) is 1. The zero-order valence-electron chi connectivity index (χ0n) is 13.2. The molecule has 0 spiro atoms. The van der Waals surface area contributed by atoms with Crippen molar-refractivity contribution in [3.63, 3.8) is 0 Å². The maximum atomic E-state index is 10.2. The van der Waals surface area contributed by atoms with E-state index in [9.17, 15) is 5.11 Å². The van der Waals surface area contributed by atoms with Gasteiger partial charge in [-0.2, -0.15) is 0 Å². The molecule has 4 aromatic rings. The second kappa shape index (κ2) is 6.02. The summed E-state index contributed by atoms with van der Waals surface area (Å²) in [5, 5.41) is 10.2. The fraction of sp³-hybridized carbons (Fsp3) is 0.111. The van der Waals surface area contributed by atoms with Crippen LogP contribution in [0.15, 0.2) is 48.7 Å². The average molecular weight is 342 g/mol. The molecule has 0 saturated carbocycles. The van der Waals surface area contributed by atoms with Gasteiger partial charge in [-0.15, -0.1) is 12.4 Å². The Hall–Kier alpha value is -2.79. The number of nitrogens with zero attached hydrogens (tertiary/aromatic N) is 3. The van der Waals surface area contributed by atoms with Gasteiger partial charge in [-0.1, -0.05) is 18.2 Å². The Balaban J connectivity index is 0.00000169. The molecule has 2 aromatic heterocycles. The molecule has 0 atom stereocenters. The molecule has 2 heterocycles. The molecule has 6 heteroatoms. The lowest BCUT2D eigenvalue weighted by molar-refractivity contribution is 0.415. The monoisotopic (exact) mass is 341 g/mol. The standard InChI is InChI=1S/C18H15N3O2.ClH/c1-11-18(22)21-16-8-5-13(9-15(16)19-10-17(21)20-11)12-3-6-14(23-2)7-4-12;/h3-10,22H,1-2H3;1H. The number of imidazole rings is 1. The maximum absolute atomic E-state index is 10.2. The van der Waals surface area contributed by atoms with Gasteiger partial charge in [-0.3, -0.25) is 9.38 Å². The Bertz CT molecular complexity index is 1030. The number of methoxy groups -OCH3 is 1. The van der Waals surface area contributed by atoms with Gasteiger partial charge in [-0.05, 0) is 42.3 Å². The van der Waals surface area contributed by atoms with E-state index in [0.717, 1.165) is 27.9 Å². The summed E-state index contributed by atoms with van der Waals surface area (Å²) in [6, 6.07) is 13.9. The summed E-state index contributed by atoms with van der Waals surface area (Å²) in [4.78, 5) is 8.76. The van der Waals surface area contributed by atoms with E-state index in [2.05, 4.69) is 9.97 Å². The molecule has 24 heavy (non-hydrogen) atoms. The van der Waals surface area contributed by atoms with Gasteiger partial charge in [0, 0.05) is 0 Å². The van der Waals surface area contributed by atoms with Gasteiger partial charge in [0.05, 0.1) is 24.3 Å². The van der Waals surface area contributed by atoms with Crippen LogP contribution in [0.25, 0.3) is 27.8 Å². The Morgan fingerprint density at radius 3 is 2.46 bits per heavy atom. The lowest BCUT2D eigenvalue weighted by Gasteiger charge is -2.07. The van der Waals surface area contributed by atoms with Crippen molar-refractivity contribution in [3.8, 4) is 22.8 Å². The van der Waals surface area contributed by atoms with Crippen LogP contribution in [0, 0.1) is 6.92 Å². The molecular formula is C18H16ClN3O2. The quantitative estimate of drug-likeness (QED) is 0.599. The normalized spacial score (nSPS) is 10.8. The summed E-state index contributed by atoms with van der Waals surface area (Å²) in [5.74, 6) is 0.984. The van der Waals surface area contributed by atoms with Crippen molar-refractivity contribution in [1.82, 2.24) is 14.4 Å². The van der Waals surface area contributed by atoms with E-state index in [1.54, 1.807) is 24.6 Å². The van der Waals surface area contributed by atoms with Crippen LogP contribution in [-0.4, -0.2) is 26.6 Å². The molecule has 1 N–H and O–H groups in total. The summed E-state index contributed by atoms with van der Waals surface area (Å²) >= 11 is 0. The van der Waals surface area contributed by atoms with Crippen molar-refractivity contribution in [2.24, 2.45) is 0 Å². The van der Waals surface area contributed by atoms with Gasteiger partial charge in [-0.25, -0.2) is 4.98 Å². The predicted molar refractivity (Wildman–Crippen MR) is 96.1 cm³/mol. The van der Waals surface area contributed by atoms with Crippen molar-refractivity contribution in [2.75, 3.05) is 7.11 Å². The number of benzene rings is 2. The highest BCUT2D eigenvalue weighted by atomic mass is 35.5. The van der Waals surface area contributed by atoms with E-state index in [-0.39, 0.29) is 18.3 Å². The second-order valence-corrected chi connectivity index (χ2v) is 5.40. The van der Waals surface area contributed by atoms with Crippen LogP contribution in [0.4, 0.5) is 0 Å². The van der Waals surface area contributed by atoms with Crippen molar-refractivity contribution >= 4 is 29.1 Å². The second-order valence-electron chi connectivity index (χ2n) is 5.40. The third-order valence-corrected chi connectivity index (χ3v) is 4.01. The van der Waals surface area contributed by atoms with E-state index in [1.165, 1.54) is 0 Å². The molecule has 5 nitrogen and oxygen atoms in total. The molecule has 0 aliphatic rings. The summed E-state index contributed by atoms with van der Waals surface area (Å²) in [7, 11) is 1.65. The number of aromatic nitrogens is 3. The minimum absolute atomic E-state index is 0. The first-order valence-electron chi connectivity index (χ1n) is 7.28. The smallest absolute Gasteiger partial charge is 0.219 e. The zero-order chi connectivity index (χ0) is 16.0. The summed E-state index contributed by atoms with van der Waals surface area (Å²) in [6.07, 6.45) is 1.67. The minimum atomic E-state index is 0. The number of hydrogen-bond acceptors (Lipinski definition) is 4. The van der Waals surface area contributed by atoms with Gasteiger partial charge in [0.15, 0.2) is 5.65 Å². The Kier molecular flexibility index (Phi) is 4.03. The molecule has 0 saturated heterocycles. The van der Waals surface area contributed by atoms with Crippen molar-refractivity contribution in [1.29, 1.82) is 0 Å². The lowest BCUT2D eigenvalue weighted by Crippen LogP contribution is -1.91. The number of aryl methyl sites for hydroxylation is 1. The number of aromatic hydroxyl groups is 1. The van der Waals surface area contributed by atoms with Crippen molar-refractivity contribution in [3.05, 3.63) is 54.4 Å².